The van der Waals surface area contributed by atoms with Crippen LogP contribution in [-0.2, 0) is 0 Å². The number of hydrogen-bond acceptors (Lipinski definition) is 4. The monoisotopic (exact) mass is 241 g/mol. The smallest absolute Gasteiger partial charge is 0.197 e. The number of aromatic nitrogens is 3. The first kappa shape index (κ1) is 10.3. The van der Waals surface area contributed by atoms with Crippen molar-refractivity contribution in [3.05, 3.63) is 34.0 Å². The summed E-state index contributed by atoms with van der Waals surface area (Å²) < 4.78 is 2.14. The maximum Gasteiger partial charge on any atom is 0.197 e. The molecule has 2 rings (SSSR count). The summed E-state index contributed by atoms with van der Waals surface area (Å²) in [5.74, 6) is -0.00241. The lowest BCUT2D eigenvalue weighted by Crippen LogP contribution is -2.16. The van der Waals surface area contributed by atoms with Crippen LogP contribution < -0.4 is 0 Å². The lowest BCUT2D eigenvalue weighted by molar-refractivity contribution is 0.0932. The Morgan fingerprint density at radius 3 is 2.93 bits per heavy atom. The van der Waals surface area contributed by atoms with Crippen LogP contribution in [0.2, 0.25) is 4.34 Å². The average Bonchev–Trinajstić information content (AvgIpc) is 2.85. The fourth-order valence-electron chi connectivity index (χ4n) is 1.19. The molecule has 1 atom stereocenters. The van der Waals surface area contributed by atoms with Gasteiger partial charge in [0.1, 0.15) is 18.7 Å². The molecule has 2 heterocycles. The molecule has 2 aromatic heterocycles. The SMILES string of the molecule is CC(C(=O)c1ccc(Cl)s1)n1cncn1. The Kier molecular flexibility index (Phi) is 2.83. The molecular weight excluding hydrogens is 234 g/mol. The molecule has 0 fully saturated rings. The first-order valence-corrected chi connectivity index (χ1v) is 5.51. The van der Waals surface area contributed by atoms with E-state index in [9.17, 15) is 4.79 Å². The van der Waals surface area contributed by atoms with Crippen LogP contribution in [0.15, 0.2) is 24.8 Å². The first-order valence-electron chi connectivity index (χ1n) is 4.32. The van der Waals surface area contributed by atoms with Crippen LogP contribution in [0.3, 0.4) is 0 Å². The minimum Gasteiger partial charge on any atom is -0.291 e. The largest absolute Gasteiger partial charge is 0.291 e. The predicted octanol–water partition coefficient (Wildman–Crippen LogP) is 2.44. The highest BCUT2D eigenvalue weighted by atomic mass is 35.5. The van der Waals surface area contributed by atoms with E-state index in [4.69, 9.17) is 11.6 Å². The standard InChI is InChI=1S/C9H8ClN3OS/c1-6(13-5-11-4-12-13)9(14)7-2-3-8(10)15-7/h2-6H,1H3. The van der Waals surface area contributed by atoms with Crippen molar-refractivity contribution in [2.24, 2.45) is 0 Å². The van der Waals surface area contributed by atoms with E-state index in [1.165, 1.54) is 28.7 Å². The van der Waals surface area contributed by atoms with Crippen LogP contribution in [-0.4, -0.2) is 20.5 Å². The second kappa shape index (κ2) is 4.12. The van der Waals surface area contributed by atoms with Gasteiger partial charge in [0.05, 0.1) is 9.21 Å². The van der Waals surface area contributed by atoms with Crippen molar-refractivity contribution >= 4 is 28.7 Å². The zero-order chi connectivity index (χ0) is 10.8. The third-order valence-corrected chi connectivity index (χ3v) is 3.27. The number of nitrogens with zero attached hydrogens (tertiary/aromatic N) is 3. The minimum absolute atomic E-state index is 0.00241. The first-order chi connectivity index (χ1) is 7.18. The fourth-order valence-corrected chi connectivity index (χ4v) is 2.26. The van der Waals surface area contributed by atoms with Crippen molar-refractivity contribution < 1.29 is 4.79 Å². The Labute approximate surface area is 95.5 Å². The summed E-state index contributed by atoms with van der Waals surface area (Å²) in [7, 11) is 0. The molecule has 1 unspecified atom stereocenters. The number of rotatable bonds is 3. The minimum atomic E-state index is -0.345. The highest BCUT2D eigenvalue weighted by Gasteiger charge is 2.18. The van der Waals surface area contributed by atoms with Crippen molar-refractivity contribution in [1.82, 2.24) is 14.8 Å². The molecule has 0 aromatic carbocycles. The quantitative estimate of drug-likeness (QED) is 0.776. The van der Waals surface area contributed by atoms with Gasteiger partial charge >= 0.3 is 0 Å². The summed E-state index contributed by atoms with van der Waals surface area (Å²) >= 11 is 7.04. The second-order valence-electron chi connectivity index (χ2n) is 3.02. The van der Waals surface area contributed by atoms with E-state index in [2.05, 4.69) is 10.1 Å². The molecule has 0 spiro atoms. The van der Waals surface area contributed by atoms with E-state index in [1.807, 2.05) is 0 Å². The summed E-state index contributed by atoms with van der Waals surface area (Å²) in [6.45, 7) is 1.78. The number of carbonyl (C=O) groups excluding carboxylic acids is 1. The Balaban J connectivity index is 2.22. The van der Waals surface area contributed by atoms with Crippen molar-refractivity contribution in [2.75, 3.05) is 0 Å². The van der Waals surface area contributed by atoms with Gasteiger partial charge in [0, 0.05) is 0 Å². The van der Waals surface area contributed by atoms with Gasteiger partial charge in [0.15, 0.2) is 5.78 Å². The van der Waals surface area contributed by atoms with Gasteiger partial charge in [0.25, 0.3) is 0 Å². The summed E-state index contributed by atoms with van der Waals surface area (Å²) in [6.07, 6.45) is 2.93. The molecule has 2 aromatic rings. The van der Waals surface area contributed by atoms with Crippen molar-refractivity contribution in [3.63, 3.8) is 0 Å². The fraction of sp³-hybridized carbons (Fsp3) is 0.222. The van der Waals surface area contributed by atoms with Crippen LogP contribution >= 0.6 is 22.9 Å². The van der Waals surface area contributed by atoms with Gasteiger partial charge < -0.3 is 0 Å². The Morgan fingerprint density at radius 1 is 1.60 bits per heavy atom. The van der Waals surface area contributed by atoms with Crippen LogP contribution in [0.5, 0.6) is 0 Å². The number of Topliss-reactive ketones (excluding diaryl/α,β-unsaturated/α-hetero) is 1. The van der Waals surface area contributed by atoms with Gasteiger partial charge in [0.2, 0.25) is 0 Å². The van der Waals surface area contributed by atoms with E-state index < -0.39 is 0 Å². The molecule has 0 saturated carbocycles. The maximum absolute atomic E-state index is 11.9. The predicted molar refractivity (Wildman–Crippen MR) is 58.4 cm³/mol. The molecule has 0 amide bonds. The highest BCUT2D eigenvalue weighted by molar-refractivity contribution is 7.18. The van der Waals surface area contributed by atoms with Crippen LogP contribution in [0.1, 0.15) is 22.6 Å². The van der Waals surface area contributed by atoms with Gasteiger partial charge in [-0.3, -0.25) is 4.79 Å². The van der Waals surface area contributed by atoms with E-state index in [1.54, 1.807) is 19.1 Å². The number of thiophene rings is 1. The molecule has 0 aliphatic heterocycles. The third kappa shape index (κ3) is 2.08. The summed E-state index contributed by atoms with van der Waals surface area (Å²) in [6, 6.07) is 3.10. The van der Waals surface area contributed by atoms with Crippen LogP contribution in [0, 0.1) is 0 Å². The molecule has 0 N–H and O–H groups in total. The number of halogens is 1. The van der Waals surface area contributed by atoms with Gasteiger partial charge in [-0.1, -0.05) is 11.6 Å². The van der Waals surface area contributed by atoms with E-state index >= 15 is 0 Å². The summed E-state index contributed by atoms with van der Waals surface area (Å²) in [4.78, 5) is 16.4. The molecule has 4 nitrogen and oxygen atoms in total. The zero-order valence-electron chi connectivity index (χ0n) is 7.92. The molecule has 0 aliphatic rings. The lowest BCUT2D eigenvalue weighted by atomic mass is 10.2. The van der Waals surface area contributed by atoms with Crippen LogP contribution in [0.4, 0.5) is 0 Å². The molecule has 0 saturated heterocycles. The molecular formula is C9H8ClN3OS. The molecule has 78 valence electrons. The molecule has 6 heteroatoms. The topological polar surface area (TPSA) is 47.8 Å². The van der Waals surface area contributed by atoms with Crippen molar-refractivity contribution in [3.8, 4) is 0 Å². The normalized spacial score (nSPS) is 12.7. The number of hydrogen-bond donors (Lipinski definition) is 0. The van der Waals surface area contributed by atoms with Gasteiger partial charge in [-0.05, 0) is 19.1 Å². The van der Waals surface area contributed by atoms with Crippen LogP contribution in [0.25, 0.3) is 0 Å². The van der Waals surface area contributed by atoms with Gasteiger partial charge in [-0.2, -0.15) is 5.10 Å². The zero-order valence-corrected chi connectivity index (χ0v) is 9.50. The van der Waals surface area contributed by atoms with Crippen molar-refractivity contribution in [1.29, 1.82) is 0 Å². The van der Waals surface area contributed by atoms with E-state index in [0.717, 1.165) is 0 Å². The maximum atomic E-state index is 11.9. The van der Waals surface area contributed by atoms with Crippen molar-refractivity contribution in [2.45, 2.75) is 13.0 Å². The summed E-state index contributed by atoms with van der Waals surface area (Å²) in [5.41, 5.74) is 0. The Morgan fingerprint density at radius 2 is 2.40 bits per heavy atom. The Hall–Kier alpha value is -1.20. The third-order valence-electron chi connectivity index (χ3n) is 2.03. The summed E-state index contributed by atoms with van der Waals surface area (Å²) in [5, 5.41) is 3.93. The molecule has 0 radical (unpaired) electrons. The van der Waals surface area contributed by atoms with Gasteiger partial charge in [-0.25, -0.2) is 9.67 Å². The number of ketones is 1. The lowest BCUT2D eigenvalue weighted by Gasteiger charge is -2.07. The second-order valence-corrected chi connectivity index (χ2v) is 4.73. The van der Waals surface area contributed by atoms with E-state index in [0.29, 0.717) is 9.21 Å². The molecule has 0 bridgehead atoms. The molecule has 15 heavy (non-hydrogen) atoms. The Bertz CT molecular complexity index is 465. The average molecular weight is 242 g/mol. The number of carbonyl (C=O) groups is 1. The molecule has 0 aliphatic carbocycles. The van der Waals surface area contributed by atoms with Gasteiger partial charge in [-0.15, -0.1) is 11.3 Å². The van der Waals surface area contributed by atoms with E-state index in [-0.39, 0.29) is 11.8 Å². The highest BCUT2D eigenvalue weighted by Crippen LogP contribution is 2.24.